The minimum absolute atomic E-state index is 0.782. The third-order valence-electron chi connectivity index (χ3n) is 2.68. The lowest BCUT2D eigenvalue weighted by atomic mass is 9.98. The molecule has 0 bridgehead atoms. The van der Waals surface area contributed by atoms with Crippen LogP contribution in [0.4, 0.5) is 5.69 Å². The summed E-state index contributed by atoms with van der Waals surface area (Å²) in [5, 5.41) is 2.41. The fourth-order valence-electron chi connectivity index (χ4n) is 1.87. The Labute approximate surface area is 118 Å². The Kier molecular flexibility index (Phi) is 4.62. The second kappa shape index (κ2) is 6.64. The maximum Gasteiger partial charge on any atom is 0.0909 e. The number of ether oxygens (including phenoxy) is 1. The molecule has 2 aromatic rings. The van der Waals surface area contributed by atoms with Gasteiger partial charge in [0, 0.05) is 11.1 Å². The van der Waals surface area contributed by atoms with Crippen molar-refractivity contribution in [3.05, 3.63) is 72.0 Å². The summed E-state index contributed by atoms with van der Waals surface area (Å²) in [6.07, 6.45) is 1.72. The Morgan fingerprint density at radius 1 is 1.11 bits per heavy atom. The van der Waals surface area contributed by atoms with Crippen LogP contribution in [0, 0.1) is 0 Å². The molecule has 19 heavy (non-hydrogen) atoms. The summed E-state index contributed by atoms with van der Waals surface area (Å²) < 4.78 is 5.20. The molecule has 0 aromatic heterocycles. The van der Waals surface area contributed by atoms with Gasteiger partial charge in [-0.2, -0.15) is 4.99 Å². The van der Waals surface area contributed by atoms with Crippen LogP contribution in [0.25, 0.3) is 5.57 Å². The lowest BCUT2D eigenvalue weighted by Crippen LogP contribution is -1.89. The van der Waals surface area contributed by atoms with Crippen LogP contribution in [0.2, 0.25) is 0 Å². The van der Waals surface area contributed by atoms with E-state index in [4.69, 9.17) is 17.0 Å². The van der Waals surface area contributed by atoms with Gasteiger partial charge in [-0.25, -0.2) is 0 Å². The van der Waals surface area contributed by atoms with Crippen molar-refractivity contribution in [2.45, 2.75) is 0 Å². The molecular weight excluding hydrogens is 254 g/mol. The molecule has 0 aliphatic heterocycles. The first-order valence-corrected chi connectivity index (χ1v) is 6.23. The maximum atomic E-state index is 5.20. The predicted molar refractivity (Wildman–Crippen MR) is 81.7 cm³/mol. The van der Waals surface area contributed by atoms with Crippen LogP contribution >= 0.6 is 12.2 Å². The number of hydrogen-bond acceptors (Lipinski definition) is 3. The van der Waals surface area contributed by atoms with Crippen molar-refractivity contribution in [3.8, 4) is 0 Å². The van der Waals surface area contributed by atoms with Crippen LogP contribution < -0.4 is 0 Å². The lowest BCUT2D eigenvalue weighted by Gasteiger charge is -2.10. The zero-order valence-electron chi connectivity index (χ0n) is 10.5. The first-order valence-electron chi connectivity index (χ1n) is 5.82. The molecule has 0 saturated carbocycles. The van der Waals surface area contributed by atoms with E-state index in [0.717, 1.165) is 22.4 Å². The average Bonchev–Trinajstić information content (AvgIpc) is 2.47. The normalized spacial score (nSPS) is 10.7. The minimum Gasteiger partial charge on any atom is -0.504 e. The van der Waals surface area contributed by atoms with E-state index in [0.29, 0.717) is 0 Å². The molecule has 0 heterocycles. The van der Waals surface area contributed by atoms with Gasteiger partial charge in [0.05, 0.1) is 24.2 Å². The summed E-state index contributed by atoms with van der Waals surface area (Å²) >= 11 is 4.69. The van der Waals surface area contributed by atoms with Crippen molar-refractivity contribution in [3.63, 3.8) is 0 Å². The van der Waals surface area contributed by atoms with E-state index < -0.39 is 0 Å². The molecule has 2 rings (SSSR count). The van der Waals surface area contributed by atoms with Gasteiger partial charge in [-0.1, -0.05) is 48.5 Å². The average molecular weight is 267 g/mol. The van der Waals surface area contributed by atoms with Crippen molar-refractivity contribution in [1.82, 2.24) is 0 Å². The van der Waals surface area contributed by atoms with Gasteiger partial charge < -0.3 is 4.74 Å². The molecule has 3 heteroatoms. The molecule has 0 saturated heterocycles. The second-order valence-corrected chi connectivity index (χ2v) is 4.04. The highest BCUT2D eigenvalue weighted by Gasteiger charge is 2.09. The summed E-state index contributed by atoms with van der Waals surface area (Å²) in [6.45, 7) is 0. The summed E-state index contributed by atoms with van der Waals surface area (Å²) in [5.74, 6) is 0. The van der Waals surface area contributed by atoms with Crippen LogP contribution in [-0.4, -0.2) is 12.3 Å². The number of isothiocyanates is 1. The van der Waals surface area contributed by atoms with Gasteiger partial charge >= 0.3 is 0 Å². The Bertz CT molecular complexity index is 628. The number of methoxy groups -OCH3 is 1. The molecule has 0 aliphatic rings. The van der Waals surface area contributed by atoms with E-state index >= 15 is 0 Å². The highest BCUT2D eigenvalue weighted by atomic mass is 32.1. The highest BCUT2D eigenvalue weighted by molar-refractivity contribution is 7.78. The van der Waals surface area contributed by atoms with Crippen LogP contribution in [0.1, 0.15) is 11.1 Å². The van der Waals surface area contributed by atoms with Gasteiger partial charge in [-0.3, -0.25) is 0 Å². The number of para-hydroxylation sites is 1. The zero-order valence-corrected chi connectivity index (χ0v) is 11.4. The smallest absolute Gasteiger partial charge is 0.0909 e. The molecule has 0 N–H and O–H groups in total. The van der Waals surface area contributed by atoms with Crippen molar-refractivity contribution in [2.75, 3.05) is 7.11 Å². The van der Waals surface area contributed by atoms with E-state index in [-0.39, 0.29) is 0 Å². The summed E-state index contributed by atoms with van der Waals surface area (Å²) in [6, 6.07) is 17.8. The maximum absolute atomic E-state index is 5.20. The number of hydrogen-bond donors (Lipinski definition) is 0. The summed E-state index contributed by atoms with van der Waals surface area (Å²) in [7, 11) is 1.63. The molecule has 0 unspecified atom stereocenters. The first kappa shape index (κ1) is 13.2. The lowest BCUT2D eigenvalue weighted by molar-refractivity contribution is 0.340. The number of nitrogens with zero attached hydrogens (tertiary/aromatic N) is 1. The zero-order chi connectivity index (χ0) is 13.5. The predicted octanol–water partition coefficient (Wildman–Crippen LogP) is 4.46. The molecule has 94 valence electrons. The topological polar surface area (TPSA) is 21.6 Å². The molecule has 2 nitrogen and oxygen atoms in total. The number of thiocarbonyl (C=S) groups is 1. The number of rotatable bonds is 4. The number of aliphatic imine (C=N–C) groups is 1. The minimum atomic E-state index is 0.782. The van der Waals surface area contributed by atoms with Crippen molar-refractivity contribution in [1.29, 1.82) is 0 Å². The van der Waals surface area contributed by atoms with Gasteiger partial charge in [0.15, 0.2) is 0 Å². The number of benzene rings is 2. The quantitative estimate of drug-likeness (QED) is 0.463. The molecule has 0 radical (unpaired) electrons. The third kappa shape index (κ3) is 3.16. The molecule has 0 aliphatic carbocycles. The van der Waals surface area contributed by atoms with Crippen LogP contribution in [0.3, 0.4) is 0 Å². The van der Waals surface area contributed by atoms with E-state index in [2.05, 4.69) is 10.2 Å². The van der Waals surface area contributed by atoms with Crippen LogP contribution in [-0.2, 0) is 4.74 Å². The Morgan fingerprint density at radius 2 is 1.79 bits per heavy atom. The SMILES string of the molecule is CO/C=C(/c1ccccc1)c1ccccc1N=C=S. The highest BCUT2D eigenvalue weighted by Crippen LogP contribution is 2.30. The molecular formula is C16H13NOS. The van der Waals surface area contributed by atoms with Crippen molar-refractivity contribution in [2.24, 2.45) is 4.99 Å². The Balaban J connectivity index is 2.59. The van der Waals surface area contributed by atoms with E-state index in [9.17, 15) is 0 Å². The fourth-order valence-corrected chi connectivity index (χ4v) is 1.97. The third-order valence-corrected chi connectivity index (χ3v) is 2.77. The second-order valence-electron chi connectivity index (χ2n) is 3.85. The standard InChI is InChI=1S/C16H13NOS/c1-18-11-15(13-7-3-2-4-8-13)14-9-5-6-10-16(14)17-12-19/h2-11H,1H3/b15-11-. The van der Waals surface area contributed by atoms with Gasteiger partial charge in [0.1, 0.15) is 0 Å². The van der Waals surface area contributed by atoms with Gasteiger partial charge in [0.25, 0.3) is 0 Å². The van der Waals surface area contributed by atoms with Crippen LogP contribution in [0.5, 0.6) is 0 Å². The van der Waals surface area contributed by atoms with E-state index in [1.54, 1.807) is 13.4 Å². The van der Waals surface area contributed by atoms with E-state index in [1.165, 1.54) is 0 Å². The monoisotopic (exact) mass is 267 g/mol. The molecule has 2 aromatic carbocycles. The largest absolute Gasteiger partial charge is 0.504 e. The Morgan fingerprint density at radius 3 is 2.47 bits per heavy atom. The summed E-state index contributed by atoms with van der Waals surface area (Å²) in [5.41, 5.74) is 3.78. The van der Waals surface area contributed by atoms with Gasteiger partial charge in [0.2, 0.25) is 0 Å². The fraction of sp³-hybridized carbons (Fsp3) is 0.0625. The molecule has 0 amide bonds. The van der Waals surface area contributed by atoms with Gasteiger partial charge in [-0.05, 0) is 23.8 Å². The van der Waals surface area contributed by atoms with Crippen molar-refractivity contribution >= 4 is 28.6 Å². The van der Waals surface area contributed by atoms with Crippen LogP contribution in [0.15, 0.2) is 65.9 Å². The van der Waals surface area contributed by atoms with Gasteiger partial charge in [-0.15, -0.1) is 0 Å². The molecule has 0 fully saturated rings. The molecule has 0 atom stereocenters. The first-order chi connectivity index (χ1) is 9.36. The summed E-state index contributed by atoms with van der Waals surface area (Å²) in [4.78, 5) is 4.10. The van der Waals surface area contributed by atoms with E-state index in [1.807, 2.05) is 54.6 Å². The molecule has 0 spiro atoms. The Hall–Kier alpha value is -2.22. The van der Waals surface area contributed by atoms with Crippen molar-refractivity contribution < 1.29 is 4.74 Å².